The number of fused-ring (bicyclic) bond motifs is 1. The van der Waals surface area contributed by atoms with Crippen LogP contribution in [0.15, 0.2) is 34.9 Å². The van der Waals surface area contributed by atoms with Crippen LogP contribution in [0.4, 0.5) is 0 Å². The average molecular weight is 263 g/mol. The molecule has 5 heteroatoms. The van der Waals surface area contributed by atoms with Gasteiger partial charge in [-0.1, -0.05) is 24.3 Å². The first-order chi connectivity index (χ1) is 8.57. The SMILES string of the molecule is CCNC1=C(S(C)=O)C(=O)c2ccccc2C1=O. The molecule has 94 valence electrons. The Hall–Kier alpha value is -1.75. The predicted octanol–water partition coefficient (Wildman–Crippen LogP) is 1.27. The van der Waals surface area contributed by atoms with Crippen molar-refractivity contribution in [1.29, 1.82) is 0 Å². The first-order valence-electron chi connectivity index (χ1n) is 5.58. The summed E-state index contributed by atoms with van der Waals surface area (Å²) in [5.41, 5.74) is 0.865. The third-order valence-electron chi connectivity index (χ3n) is 2.72. The van der Waals surface area contributed by atoms with Gasteiger partial charge >= 0.3 is 0 Å². The first kappa shape index (κ1) is 12.7. The third kappa shape index (κ3) is 1.90. The van der Waals surface area contributed by atoms with E-state index in [1.165, 1.54) is 6.26 Å². The number of Topliss-reactive ketones (excluding diaryl/α,β-unsaturated/α-hetero) is 2. The maximum atomic E-state index is 12.3. The van der Waals surface area contributed by atoms with E-state index in [1.807, 2.05) is 6.92 Å². The molecule has 1 aromatic rings. The Morgan fingerprint density at radius 1 is 1.11 bits per heavy atom. The van der Waals surface area contributed by atoms with Crippen LogP contribution < -0.4 is 5.32 Å². The lowest BCUT2D eigenvalue weighted by Crippen LogP contribution is -2.31. The number of nitrogens with one attached hydrogen (secondary N) is 1. The van der Waals surface area contributed by atoms with Crippen LogP contribution in [0.1, 0.15) is 27.6 Å². The van der Waals surface area contributed by atoms with Gasteiger partial charge in [0, 0.05) is 23.9 Å². The van der Waals surface area contributed by atoms with E-state index in [9.17, 15) is 13.8 Å². The lowest BCUT2D eigenvalue weighted by Gasteiger charge is -2.20. The molecule has 0 amide bonds. The Morgan fingerprint density at radius 2 is 1.67 bits per heavy atom. The highest BCUT2D eigenvalue weighted by molar-refractivity contribution is 7.89. The molecule has 0 saturated carbocycles. The molecule has 1 N–H and O–H groups in total. The van der Waals surface area contributed by atoms with Crippen LogP contribution >= 0.6 is 0 Å². The zero-order valence-corrected chi connectivity index (χ0v) is 11.0. The third-order valence-corrected chi connectivity index (χ3v) is 3.68. The fraction of sp³-hybridized carbons (Fsp3) is 0.231. The molecule has 0 heterocycles. The van der Waals surface area contributed by atoms with Crippen molar-refractivity contribution in [3.63, 3.8) is 0 Å². The van der Waals surface area contributed by atoms with E-state index >= 15 is 0 Å². The van der Waals surface area contributed by atoms with Gasteiger partial charge in [-0.15, -0.1) is 0 Å². The second kappa shape index (κ2) is 4.86. The van der Waals surface area contributed by atoms with E-state index in [4.69, 9.17) is 0 Å². The summed E-state index contributed by atoms with van der Waals surface area (Å²) >= 11 is 0. The highest BCUT2D eigenvalue weighted by Crippen LogP contribution is 2.26. The van der Waals surface area contributed by atoms with Gasteiger partial charge in [0.2, 0.25) is 11.6 Å². The van der Waals surface area contributed by atoms with Crippen molar-refractivity contribution < 1.29 is 13.8 Å². The maximum absolute atomic E-state index is 12.3. The molecule has 1 atom stereocenters. The van der Waals surface area contributed by atoms with E-state index in [-0.39, 0.29) is 22.2 Å². The van der Waals surface area contributed by atoms with Crippen LogP contribution in [0.25, 0.3) is 0 Å². The number of carbonyl (C=O) groups excluding carboxylic acids is 2. The van der Waals surface area contributed by atoms with Crippen LogP contribution in [0, 0.1) is 0 Å². The summed E-state index contributed by atoms with van der Waals surface area (Å²) in [7, 11) is -1.49. The molecule has 1 unspecified atom stereocenters. The second-order valence-electron chi connectivity index (χ2n) is 3.89. The minimum absolute atomic E-state index is 0.0700. The molecule has 0 spiro atoms. The molecule has 0 saturated heterocycles. The molecular weight excluding hydrogens is 250 g/mol. The molecule has 1 aliphatic rings. The van der Waals surface area contributed by atoms with E-state index in [0.717, 1.165) is 0 Å². The monoisotopic (exact) mass is 263 g/mol. The summed E-state index contributed by atoms with van der Waals surface area (Å²) in [6, 6.07) is 6.60. The molecule has 0 bridgehead atoms. The summed E-state index contributed by atoms with van der Waals surface area (Å²) < 4.78 is 11.7. The highest BCUT2D eigenvalue weighted by Gasteiger charge is 2.33. The Kier molecular flexibility index (Phi) is 3.43. The van der Waals surface area contributed by atoms with Crippen molar-refractivity contribution in [3.05, 3.63) is 46.0 Å². The van der Waals surface area contributed by atoms with E-state index in [0.29, 0.717) is 17.7 Å². The smallest absolute Gasteiger partial charge is 0.210 e. The quantitative estimate of drug-likeness (QED) is 0.892. The van der Waals surface area contributed by atoms with Crippen LogP contribution in [0.2, 0.25) is 0 Å². The lowest BCUT2D eigenvalue weighted by molar-refractivity contribution is 0.0975. The number of hydrogen-bond donors (Lipinski definition) is 1. The zero-order valence-electron chi connectivity index (χ0n) is 10.1. The molecule has 0 aromatic heterocycles. The lowest BCUT2D eigenvalue weighted by atomic mass is 9.92. The number of carbonyl (C=O) groups is 2. The van der Waals surface area contributed by atoms with Crippen LogP contribution in [-0.4, -0.2) is 28.6 Å². The Labute approximate surface area is 108 Å². The topological polar surface area (TPSA) is 63.2 Å². The molecule has 18 heavy (non-hydrogen) atoms. The summed E-state index contributed by atoms with van der Waals surface area (Å²) in [5.74, 6) is -0.598. The minimum Gasteiger partial charge on any atom is -0.381 e. The van der Waals surface area contributed by atoms with Crippen molar-refractivity contribution in [1.82, 2.24) is 5.32 Å². The number of benzene rings is 1. The van der Waals surface area contributed by atoms with Crippen molar-refractivity contribution >= 4 is 22.4 Å². The van der Waals surface area contributed by atoms with Gasteiger partial charge in [0.05, 0.1) is 10.8 Å². The van der Waals surface area contributed by atoms with Crippen molar-refractivity contribution in [2.45, 2.75) is 6.92 Å². The maximum Gasteiger partial charge on any atom is 0.210 e. The number of ketones is 2. The van der Waals surface area contributed by atoms with Gasteiger partial charge in [-0.3, -0.25) is 13.8 Å². The van der Waals surface area contributed by atoms with Gasteiger partial charge in [-0.25, -0.2) is 0 Å². The second-order valence-corrected chi connectivity index (χ2v) is 5.21. The molecule has 1 aromatic carbocycles. The normalized spacial score (nSPS) is 16.6. The summed E-state index contributed by atoms with van der Waals surface area (Å²) in [6.45, 7) is 2.32. The number of rotatable bonds is 3. The zero-order chi connectivity index (χ0) is 13.3. The number of likely N-dealkylation sites (N-methyl/N-ethyl adjacent to an activating group) is 1. The summed E-state index contributed by atoms with van der Waals surface area (Å²) in [4.78, 5) is 24.6. The molecular formula is C13H13NO3S. The van der Waals surface area contributed by atoms with E-state index < -0.39 is 10.8 Å². The molecule has 0 fully saturated rings. The Bertz CT molecular complexity index is 590. The Balaban J connectivity index is 2.67. The van der Waals surface area contributed by atoms with Crippen LogP contribution in [0.5, 0.6) is 0 Å². The fourth-order valence-electron chi connectivity index (χ4n) is 1.96. The largest absolute Gasteiger partial charge is 0.381 e. The number of allylic oxidation sites excluding steroid dienone is 2. The molecule has 1 aliphatic carbocycles. The van der Waals surface area contributed by atoms with Gasteiger partial charge < -0.3 is 5.32 Å². The van der Waals surface area contributed by atoms with Crippen molar-refractivity contribution in [2.24, 2.45) is 0 Å². The molecule has 4 nitrogen and oxygen atoms in total. The standard InChI is InChI=1S/C13H13NO3S/c1-3-14-10-11(15)8-6-4-5-7-9(8)12(16)13(10)18(2)17/h4-7,14H,3H2,1-2H3. The van der Waals surface area contributed by atoms with Gasteiger partial charge in [0.15, 0.2) is 0 Å². The Morgan fingerprint density at radius 3 is 2.17 bits per heavy atom. The first-order valence-corrected chi connectivity index (χ1v) is 7.13. The van der Waals surface area contributed by atoms with Crippen LogP contribution in [0.3, 0.4) is 0 Å². The van der Waals surface area contributed by atoms with Gasteiger partial charge in [-0.05, 0) is 6.92 Å². The van der Waals surface area contributed by atoms with Crippen molar-refractivity contribution in [3.8, 4) is 0 Å². The number of hydrogen-bond acceptors (Lipinski definition) is 4. The van der Waals surface area contributed by atoms with Crippen molar-refractivity contribution in [2.75, 3.05) is 12.8 Å². The van der Waals surface area contributed by atoms with Gasteiger partial charge in [0.25, 0.3) is 0 Å². The fourth-order valence-corrected chi connectivity index (χ4v) is 2.79. The van der Waals surface area contributed by atoms with E-state index in [2.05, 4.69) is 5.32 Å². The highest BCUT2D eigenvalue weighted by atomic mass is 32.2. The summed E-state index contributed by atoms with van der Waals surface area (Å²) in [6.07, 6.45) is 1.41. The average Bonchev–Trinajstić information content (AvgIpc) is 2.35. The molecule has 0 radical (unpaired) electrons. The van der Waals surface area contributed by atoms with E-state index in [1.54, 1.807) is 24.3 Å². The summed E-state index contributed by atoms with van der Waals surface area (Å²) in [5, 5.41) is 2.85. The molecule has 0 aliphatic heterocycles. The van der Waals surface area contributed by atoms with Gasteiger partial charge in [-0.2, -0.15) is 0 Å². The van der Waals surface area contributed by atoms with Gasteiger partial charge in [0.1, 0.15) is 10.6 Å². The predicted molar refractivity (Wildman–Crippen MR) is 69.9 cm³/mol. The van der Waals surface area contributed by atoms with Crippen LogP contribution in [-0.2, 0) is 10.8 Å². The minimum atomic E-state index is -1.49. The molecule has 2 rings (SSSR count).